The van der Waals surface area contributed by atoms with Crippen LogP contribution in [0.5, 0.6) is 0 Å². The highest BCUT2D eigenvalue weighted by molar-refractivity contribution is 6.31. The number of rotatable bonds is 7. The Labute approximate surface area is 121 Å². The van der Waals surface area contributed by atoms with Crippen LogP contribution < -0.4 is 5.32 Å². The fraction of sp³-hybridized carbons (Fsp3) is 0.800. The molecule has 3 nitrogen and oxygen atoms in total. The van der Waals surface area contributed by atoms with Gasteiger partial charge >= 0.3 is 0 Å². The Morgan fingerprint density at radius 3 is 2.53 bits per heavy atom. The molecule has 0 spiro atoms. The number of aromatic nitrogens is 2. The van der Waals surface area contributed by atoms with E-state index >= 15 is 0 Å². The van der Waals surface area contributed by atoms with Crippen molar-refractivity contribution < 1.29 is 0 Å². The molecule has 19 heavy (non-hydrogen) atoms. The van der Waals surface area contributed by atoms with Crippen LogP contribution in [0, 0.1) is 11.8 Å². The fourth-order valence-electron chi connectivity index (χ4n) is 2.97. The van der Waals surface area contributed by atoms with E-state index in [0.717, 1.165) is 55.0 Å². The molecule has 0 aromatic carbocycles. The summed E-state index contributed by atoms with van der Waals surface area (Å²) in [5.41, 5.74) is 2.31. The summed E-state index contributed by atoms with van der Waals surface area (Å²) >= 11 is 6.49. The SMILES string of the molecule is CCNCC1CCC1Cc1c(Cl)c(CC)nn1CC. The van der Waals surface area contributed by atoms with Crippen molar-refractivity contribution in [2.75, 3.05) is 13.1 Å². The molecule has 2 unspecified atom stereocenters. The molecule has 1 aromatic rings. The second-order valence-corrected chi connectivity index (χ2v) is 5.86. The lowest BCUT2D eigenvalue weighted by Gasteiger charge is -2.37. The molecule has 1 aromatic heterocycles. The molecule has 108 valence electrons. The standard InChI is InChI=1S/C15H26ClN3/c1-4-13-15(16)14(19(6-3)18-13)9-11-7-8-12(11)10-17-5-2/h11-12,17H,4-10H2,1-3H3. The predicted molar refractivity (Wildman–Crippen MR) is 80.8 cm³/mol. The summed E-state index contributed by atoms with van der Waals surface area (Å²) in [6.45, 7) is 9.57. The van der Waals surface area contributed by atoms with Gasteiger partial charge in [-0.15, -0.1) is 0 Å². The van der Waals surface area contributed by atoms with Gasteiger partial charge in [-0.25, -0.2) is 0 Å². The monoisotopic (exact) mass is 283 g/mol. The van der Waals surface area contributed by atoms with E-state index in [9.17, 15) is 0 Å². The zero-order chi connectivity index (χ0) is 13.8. The van der Waals surface area contributed by atoms with E-state index in [4.69, 9.17) is 11.6 Å². The van der Waals surface area contributed by atoms with Gasteiger partial charge in [-0.2, -0.15) is 5.10 Å². The maximum atomic E-state index is 6.49. The lowest BCUT2D eigenvalue weighted by Crippen LogP contribution is -2.36. The molecule has 0 radical (unpaired) electrons. The van der Waals surface area contributed by atoms with Crippen LogP contribution in [-0.2, 0) is 19.4 Å². The first-order valence-corrected chi connectivity index (χ1v) is 8.03. The third-order valence-corrected chi connectivity index (χ3v) is 4.82. The smallest absolute Gasteiger partial charge is 0.0849 e. The molecule has 1 heterocycles. The molecule has 0 amide bonds. The summed E-state index contributed by atoms with van der Waals surface area (Å²) in [6.07, 6.45) is 4.71. The number of aryl methyl sites for hydroxylation is 2. The van der Waals surface area contributed by atoms with Crippen LogP contribution in [0.2, 0.25) is 5.02 Å². The van der Waals surface area contributed by atoms with Crippen molar-refractivity contribution in [2.24, 2.45) is 11.8 Å². The molecule has 0 saturated heterocycles. The Morgan fingerprint density at radius 2 is 2.00 bits per heavy atom. The van der Waals surface area contributed by atoms with Gasteiger partial charge in [0.15, 0.2) is 0 Å². The molecular weight excluding hydrogens is 258 g/mol. The molecule has 4 heteroatoms. The maximum absolute atomic E-state index is 6.49. The molecule has 2 rings (SSSR count). The minimum atomic E-state index is 0.781. The summed E-state index contributed by atoms with van der Waals surface area (Å²) in [4.78, 5) is 0. The van der Waals surface area contributed by atoms with Crippen LogP contribution in [0.4, 0.5) is 0 Å². The lowest BCUT2D eigenvalue weighted by molar-refractivity contribution is 0.169. The Kier molecular flexibility index (Phi) is 5.28. The van der Waals surface area contributed by atoms with Crippen LogP contribution in [0.3, 0.4) is 0 Å². The van der Waals surface area contributed by atoms with Gasteiger partial charge in [0.2, 0.25) is 0 Å². The molecular formula is C15H26ClN3. The molecule has 1 saturated carbocycles. The molecule has 2 atom stereocenters. The molecule has 1 fully saturated rings. The lowest BCUT2D eigenvalue weighted by atomic mass is 9.71. The highest BCUT2D eigenvalue weighted by Crippen LogP contribution is 2.38. The van der Waals surface area contributed by atoms with E-state index in [1.165, 1.54) is 18.5 Å². The summed E-state index contributed by atoms with van der Waals surface area (Å²) < 4.78 is 2.10. The van der Waals surface area contributed by atoms with Crippen molar-refractivity contribution in [3.63, 3.8) is 0 Å². The van der Waals surface area contributed by atoms with E-state index in [0.29, 0.717) is 0 Å². The van der Waals surface area contributed by atoms with Gasteiger partial charge in [0, 0.05) is 6.54 Å². The summed E-state index contributed by atoms with van der Waals surface area (Å²) in [7, 11) is 0. The van der Waals surface area contributed by atoms with Crippen LogP contribution in [0.25, 0.3) is 0 Å². The average Bonchev–Trinajstić information content (AvgIpc) is 2.71. The van der Waals surface area contributed by atoms with E-state index in [1.807, 2.05) is 0 Å². The van der Waals surface area contributed by atoms with Crippen molar-refractivity contribution in [1.82, 2.24) is 15.1 Å². The third kappa shape index (κ3) is 3.14. The first-order valence-electron chi connectivity index (χ1n) is 7.65. The van der Waals surface area contributed by atoms with E-state index in [2.05, 4.69) is 35.9 Å². The van der Waals surface area contributed by atoms with Gasteiger partial charge in [0.25, 0.3) is 0 Å². The Hall–Kier alpha value is -0.540. The first-order chi connectivity index (χ1) is 9.21. The Bertz CT molecular complexity index is 414. The van der Waals surface area contributed by atoms with Crippen LogP contribution >= 0.6 is 11.6 Å². The Balaban J connectivity index is 2.04. The number of nitrogens with zero attached hydrogens (tertiary/aromatic N) is 2. The second kappa shape index (κ2) is 6.76. The molecule has 1 N–H and O–H groups in total. The van der Waals surface area contributed by atoms with Gasteiger partial charge in [-0.1, -0.05) is 25.4 Å². The van der Waals surface area contributed by atoms with Crippen molar-refractivity contribution in [3.05, 3.63) is 16.4 Å². The van der Waals surface area contributed by atoms with Crippen LogP contribution in [0.15, 0.2) is 0 Å². The zero-order valence-corrected chi connectivity index (χ0v) is 13.1. The fourth-order valence-corrected chi connectivity index (χ4v) is 3.31. The number of halogens is 1. The first kappa shape index (κ1) is 14.9. The average molecular weight is 284 g/mol. The van der Waals surface area contributed by atoms with Crippen molar-refractivity contribution >= 4 is 11.6 Å². The topological polar surface area (TPSA) is 29.9 Å². The minimum absolute atomic E-state index is 0.781. The zero-order valence-electron chi connectivity index (χ0n) is 12.4. The largest absolute Gasteiger partial charge is 0.317 e. The number of hydrogen-bond donors (Lipinski definition) is 1. The van der Waals surface area contributed by atoms with E-state index in [1.54, 1.807) is 0 Å². The van der Waals surface area contributed by atoms with Crippen molar-refractivity contribution in [1.29, 1.82) is 0 Å². The minimum Gasteiger partial charge on any atom is -0.317 e. The highest BCUT2D eigenvalue weighted by Gasteiger charge is 2.32. The highest BCUT2D eigenvalue weighted by atomic mass is 35.5. The quantitative estimate of drug-likeness (QED) is 0.832. The van der Waals surface area contributed by atoms with Gasteiger partial charge in [-0.3, -0.25) is 4.68 Å². The number of nitrogens with one attached hydrogen (secondary N) is 1. The van der Waals surface area contributed by atoms with Gasteiger partial charge in [-0.05, 0) is 57.5 Å². The Morgan fingerprint density at radius 1 is 1.26 bits per heavy atom. The van der Waals surface area contributed by atoms with Crippen molar-refractivity contribution in [3.8, 4) is 0 Å². The van der Waals surface area contributed by atoms with E-state index in [-0.39, 0.29) is 0 Å². The molecule has 1 aliphatic carbocycles. The molecule has 0 aliphatic heterocycles. The summed E-state index contributed by atoms with van der Waals surface area (Å²) in [5.74, 6) is 1.60. The van der Waals surface area contributed by atoms with Gasteiger partial charge < -0.3 is 5.32 Å². The summed E-state index contributed by atoms with van der Waals surface area (Å²) in [6, 6.07) is 0. The van der Waals surface area contributed by atoms with Crippen LogP contribution in [-0.4, -0.2) is 22.9 Å². The predicted octanol–water partition coefficient (Wildman–Crippen LogP) is 3.30. The molecule has 1 aliphatic rings. The van der Waals surface area contributed by atoms with Crippen LogP contribution in [0.1, 0.15) is 45.0 Å². The van der Waals surface area contributed by atoms with Gasteiger partial charge in [0.05, 0.1) is 16.4 Å². The number of hydrogen-bond acceptors (Lipinski definition) is 2. The molecule has 0 bridgehead atoms. The normalized spacial score (nSPS) is 22.5. The van der Waals surface area contributed by atoms with Gasteiger partial charge in [0.1, 0.15) is 0 Å². The second-order valence-electron chi connectivity index (χ2n) is 5.49. The maximum Gasteiger partial charge on any atom is 0.0849 e. The third-order valence-electron chi connectivity index (χ3n) is 4.38. The van der Waals surface area contributed by atoms with E-state index < -0.39 is 0 Å². The summed E-state index contributed by atoms with van der Waals surface area (Å²) in [5, 5.41) is 9.00. The van der Waals surface area contributed by atoms with Crippen molar-refractivity contribution in [2.45, 2.75) is 53.0 Å².